The van der Waals surface area contributed by atoms with Gasteiger partial charge in [-0.05, 0) is 60.0 Å². The number of hydrogen-bond donors (Lipinski definition) is 1. The third kappa shape index (κ3) is 5.61. The first-order valence-corrected chi connectivity index (χ1v) is 7.02. The molecule has 0 fully saturated rings. The molecule has 0 bridgehead atoms. The number of hydrogen-bond acceptors (Lipinski definition) is 3. The average molecular weight is 300 g/mol. The Morgan fingerprint density at radius 2 is 2.06 bits per heavy atom. The molecule has 2 N–H and O–H groups in total. The fourth-order valence-corrected chi connectivity index (χ4v) is 2.27. The van der Waals surface area contributed by atoms with Crippen molar-refractivity contribution in [2.24, 2.45) is 5.73 Å². The molecule has 1 aromatic heterocycles. The fourth-order valence-electron chi connectivity index (χ4n) is 1.86. The first kappa shape index (κ1) is 14.6. The van der Waals surface area contributed by atoms with Crippen LogP contribution in [-0.2, 0) is 6.42 Å². The summed E-state index contributed by atoms with van der Waals surface area (Å²) in [6, 6.07) is 2.30. The zero-order valence-electron chi connectivity index (χ0n) is 10.7. The van der Waals surface area contributed by atoms with E-state index < -0.39 is 0 Å². The van der Waals surface area contributed by atoms with Gasteiger partial charge in [-0.1, -0.05) is 13.8 Å². The van der Waals surface area contributed by atoms with Crippen molar-refractivity contribution in [3.05, 3.63) is 28.5 Å². The minimum absolute atomic E-state index is 0.215. The largest absolute Gasteiger partial charge is 0.327 e. The molecular weight excluding hydrogens is 278 g/mol. The molecule has 0 saturated heterocycles. The van der Waals surface area contributed by atoms with Crippen LogP contribution >= 0.6 is 15.9 Å². The summed E-state index contributed by atoms with van der Waals surface area (Å²) < 4.78 is 1.02. The van der Waals surface area contributed by atoms with Gasteiger partial charge in [0.1, 0.15) is 0 Å². The zero-order chi connectivity index (χ0) is 12.7. The Balaban J connectivity index is 2.36. The maximum Gasteiger partial charge on any atom is 0.0410 e. The number of pyridine rings is 1. The summed E-state index contributed by atoms with van der Waals surface area (Å²) in [6.07, 6.45) is 5.62. The summed E-state index contributed by atoms with van der Waals surface area (Å²) in [5.74, 6) is 0. The van der Waals surface area contributed by atoms with Crippen LogP contribution in [0, 0.1) is 0 Å². The molecule has 0 aromatic carbocycles. The van der Waals surface area contributed by atoms with Gasteiger partial charge in [-0.2, -0.15) is 0 Å². The predicted octanol–water partition coefficient (Wildman–Crippen LogP) is 2.45. The summed E-state index contributed by atoms with van der Waals surface area (Å²) in [7, 11) is 0. The molecule has 96 valence electrons. The molecule has 0 saturated carbocycles. The van der Waals surface area contributed by atoms with E-state index in [2.05, 4.69) is 45.7 Å². The smallest absolute Gasteiger partial charge is 0.0410 e. The molecule has 1 rings (SSSR count). The third-order valence-electron chi connectivity index (χ3n) is 2.97. The van der Waals surface area contributed by atoms with Gasteiger partial charge >= 0.3 is 0 Å². The standard InChI is InChI=1S/C13H22BrN3/c1-3-17(4-2)6-5-13(15)8-11-7-12(14)10-16-9-11/h7,9-10,13H,3-6,8,15H2,1-2H3. The SMILES string of the molecule is CCN(CC)CCC(N)Cc1cncc(Br)c1. The van der Waals surface area contributed by atoms with E-state index in [1.54, 1.807) is 6.20 Å². The van der Waals surface area contributed by atoms with Crippen molar-refractivity contribution in [2.45, 2.75) is 32.7 Å². The van der Waals surface area contributed by atoms with Crippen LogP contribution in [0.4, 0.5) is 0 Å². The van der Waals surface area contributed by atoms with Gasteiger partial charge in [0.2, 0.25) is 0 Å². The minimum atomic E-state index is 0.215. The monoisotopic (exact) mass is 299 g/mol. The molecule has 17 heavy (non-hydrogen) atoms. The second-order valence-electron chi connectivity index (χ2n) is 4.29. The zero-order valence-corrected chi connectivity index (χ0v) is 12.3. The van der Waals surface area contributed by atoms with Gasteiger partial charge in [-0.25, -0.2) is 0 Å². The van der Waals surface area contributed by atoms with Crippen LogP contribution in [-0.4, -0.2) is 35.6 Å². The van der Waals surface area contributed by atoms with Crippen LogP contribution in [0.25, 0.3) is 0 Å². The van der Waals surface area contributed by atoms with Crippen molar-refractivity contribution < 1.29 is 0 Å². The Labute approximate surface area is 113 Å². The molecule has 0 aliphatic heterocycles. The first-order chi connectivity index (χ1) is 8.15. The van der Waals surface area contributed by atoms with Gasteiger partial charge in [0.25, 0.3) is 0 Å². The molecule has 4 heteroatoms. The summed E-state index contributed by atoms with van der Waals surface area (Å²) in [5, 5.41) is 0. The Hall–Kier alpha value is -0.450. The lowest BCUT2D eigenvalue weighted by atomic mass is 10.1. The van der Waals surface area contributed by atoms with Crippen molar-refractivity contribution >= 4 is 15.9 Å². The van der Waals surface area contributed by atoms with Crippen LogP contribution in [0.1, 0.15) is 25.8 Å². The summed E-state index contributed by atoms with van der Waals surface area (Å²) >= 11 is 3.43. The van der Waals surface area contributed by atoms with Crippen LogP contribution in [0.2, 0.25) is 0 Å². The molecule has 1 heterocycles. The maximum atomic E-state index is 6.14. The van der Waals surface area contributed by atoms with E-state index in [4.69, 9.17) is 5.73 Å². The molecule has 1 aromatic rings. The summed E-state index contributed by atoms with van der Waals surface area (Å²) in [5.41, 5.74) is 7.34. The van der Waals surface area contributed by atoms with Crippen LogP contribution in [0.5, 0.6) is 0 Å². The molecule has 0 aliphatic carbocycles. The molecule has 1 unspecified atom stereocenters. The summed E-state index contributed by atoms with van der Waals surface area (Å²) in [6.45, 7) is 7.65. The maximum absolute atomic E-state index is 6.14. The van der Waals surface area contributed by atoms with Gasteiger partial charge < -0.3 is 10.6 Å². The van der Waals surface area contributed by atoms with Gasteiger partial charge in [0, 0.05) is 22.9 Å². The number of nitrogens with two attached hydrogens (primary N) is 1. The van der Waals surface area contributed by atoms with Crippen LogP contribution in [0.15, 0.2) is 22.9 Å². The van der Waals surface area contributed by atoms with Gasteiger partial charge in [0.15, 0.2) is 0 Å². The van der Waals surface area contributed by atoms with Crippen molar-refractivity contribution in [1.82, 2.24) is 9.88 Å². The van der Waals surface area contributed by atoms with E-state index in [-0.39, 0.29) is 6.04 Å². The lowest BCUT2D eigenvalue weighted by molar-refractivity contribution is 0.290. The number of aromatic nitrogens is 1. The van der Waals surface area contributed by atoms with E-state index in [0.717, 1.165) is 36.9 Å². The summed E-state index contributed by atoms with van der Waals surface area (Å²) in [4.78, 5) is 6.55. The van der Waals surface area contributed by atoms with E-state index in [1.807, 2.05) is 6.20 Å². The lowest BCUT2D eigenvalue weighted by Crippen LogP contribution is -2.31. The lowest BCUT2D eigenvalue weighted by Gasteiger charge is -2.20. The van der Waals surface area contributed by atoms with Crippen LogP contribution in [0.3, 0.4) is 0 Å². The molecule has 1 atom stereocenters. The van der Waals surface area contributed by atoms with Gasteiger partial charge in [-0.3, -0.25) is 4.98 Å². The highest BCUT2D eigenvalue weighted by Crippen LogP contribution is 2.11. The van der Waals surface area contributed by atoms with E-state index in [9.17, 15) is 0 Å². The highest BCUT2D eigenvalue weighted by Gasteiger charge is 2.07. The normalized spacial score (nSPS) is 13.0. The topological polar surface area (TPSA) is 42.1 Å². The van der Waals surface area contributed by atoms with Crippen LogP contribution < -0.4 is 5.73 Å². The highest BCUT2D eigenvalue weighted by molar-refractivity contribution is 9.10. The quantitative estimate of drug-likeness (QED) is 0.841. The Morgan fingerprint density at radius 1 is 1.35 bits per heavy atom. The number of halogens is 1. The minimum Gasteiger partial charge on any atom is -0.327 e. The van der Waals surface area contributed by atoms with Crippen molar-refractivity contribution in [2.75, 3.05) is 19.6 Å². The van der Waals surface area contributed by atoms with Crippen molar-refractivity contribution in [3.8, 4) is 0 Å². The van der Waals surface area contributed by atoms with E-state index in [1.165, 1.54) is 5.56 Å². The molecule has 3 nitrogen and oxygen atoms in total. The Bertz CT molecular complexity index is 326. The molecule has 0 aliphatic rings. The highest BCUT2D eigenvalue weighted by atomic mass is 79.9. The average Bonchev–Trinajstić information content (AvgIpc) is 2.30. The predicted molar refractivity (Wildman–Crippen MR) is 76.0 cm³/mol. The first-order valence-electron chi connectivity index (χ1n) is 6.23. The fraction of sp³-hybridized carbons (Fsp3) is 0.615. The molecule has 0 spiro atoms. The third-order valence-corrected chi connectivity index (χ3v) is 3.40. The number of nitrogens with zero attached hydrogens (tertiary/aromatic N) is 2. The van der Waals surface area contributed by atoms with E-state index >= 15 is 0 Å². The molecular formula is C13H22BrN3. The Morgan fingerprint density at radius 3 is 2.65 bits per heavy atom. The number of rotatable bonds is 7. The van der Waals surface area contributed by atoms with E-state index in [0.29, 0.717) is 0 Å². The van der Waals surface area contributed by atoms with Crippen molar-refractivity contribution in [3.63, 3.8) is 0 Å². The molecule has 0 amide bonds. The molecule has 0 radical (unpaired) electrons. The van der Waals surface area contributed by atoms with Gasteiger partial charge in [0.05, 0.1) is 0 Å². The van der Waals surface area contributed by atoms with Crippen molar-refractivity contribution in [1.29, 1.82) is 0 Å². The second kappa shape index (κ2) is 7.80. The van der Waals surface area contributed by atoms with Gasteiger partial charge in [-0.15, -0.1) is 0 Å². The second-order valence-corrected chi connectivity index (χ2v) is 5.21. The Kier molecular flexibility index (Phi) is 6.70.